The molecule has 0 spiro atoms. The molecule has 0 radical (unpaired) electrons. The fraction of sp³-hybridized carbons (Fsp3) is 0.125. The minimum atomic E-state index is -4.63. The van der Waals surface area contributed by atoms with Crippen LogP contribution in [0.3, 0.4) is 0 Å². The maximum atomic E-state index is 11.0. The molecule has 1 aromatic rings. The second kappa shape index (κ2) is 4.58. The molecule has 0 heterocycles. The van der Waals surface area contributed by atoms with Gasteiger partial charge >= 0.3 is 0 Å². The Morgan fingerprint density at radius 2 is 2.06 bits per heavy atom. The number of nitrogens with one attached hydrogen (secondary N) is 1. The summed E-state index contributed by atoms with van der Waals surface area (Å²) in [7, 11) is -4.63. The number of benzene rings is 1. The number of hydrogen-bond donors (Lipinski definition) is 3. The molecule has 0 fully saturated rings. The summed E-state index contributed by atoms with van der Waals surface area (Å²) >= 11 is 0. The minimum absolute atomic E-state index is 0.366. The van der Waals surface area contributed by atoms with Gasteiger partial charge in [-0.25, -0.2) is 0 Å². The van der Waals surface area contributed by atoms with Crippen LogP contribution in [-0.4, -0.2) is 23.8 Å². The number of nitrogens with two attached hydrogens (primary N) is 1. The van der Waals surface area contributed by atoms with Crippen molar-refractivity contribution in [2.24, 2.45) is 0 Å². The molecule has 9 nitrogen and oxygen atoms in total. The third kappa shape index (κ3) is 2.93. The maximum Gasteiger partial charge on any atom is 0.296 e. The number of nitrogens with zero attached hydrogens (tertiary/aromatic N) is 1. The van der Waals surface area contributed by atoms with Crippen molar-refractivity contribution >= 4 is 33.1 Å². The predicted molar refractivity (Wildman–Crippen MR) is 61.6 cm³/mol. The zero-order valence-electron chi connectivity index (χ0n) is 9.08. The molecule has 0 aliphatic carbocycles. The van der Waals surface area contributed by atoms with Crippen molar-refractivity contribution in [3.8, 4) is 0 Å². The Balaban J connectivity index is 3.55. The normalized spacial score (nSPS) is 11.0. The van der Waals surface area contributed by atoms with Crippen LogP contribution >= 0.6 is 0 Å². The van der Waals surface area contributed by atoms with E-state index in [0.29, 0.717) is 0 Å². The van der Waals surface area contributed by atoms with E-state index in [1.54, 1.807) is 0 Å². The number of nitrogen functional groups attached to an aromatic ring is 1. The maximum absolute atomic E-state index is 11.0. The van der Waals surface area contributed by atoms with Crippen molar-refractivity contribution in [3.05, 3.63) is 22.2 Å². The van der Waals surface area contributed by atoms with Crippen LogP contribution in [0.5, 0.6) is 0 Å². The third-order valence-electron chi connectivity index (χ3n) is 1.91. The monoisotopic (exact) mass is 275 g/mol. The van der Waals surface area contributed by atoms with E-state index in [1.165, 1.54) is 0 Å². The van der Waals surface area contributed by atoms with Gasteiger partial charge in [0, 0.05) is 13.0 Å². The summed E-state index contributed by atoms with van der Waals surface area (Å²) < 4.78 is 30.8. The summed E-state index contributed by atoms with van der Waals surface area (Å²) in [6.07, 6.45) is 0. The summed E-state index contributed by atoms with van der Waals surface area (Å²) in [6.45, 7) is 1.09. The Kier molecular flexibility index (Phi) is 3.53. The van der Waals surface area contributed by atoms with Crippen LogP contribution in [0.2, 0.25) is 0 Å². The highest BCUT2D eigenvalue weighted by Gasteiger charge is 2.23. The molecular formula is C8H9N3O6S. The van der Waals surface area contributed by atoms with Gasteiger partial charge in [-0.1, -0.05) is 0 Å². The average molecular weight is 275 g/mol. The molecule has 0 aliphatic heterocycles. The van der Waals surface area contributed by atoms with Crippen molar-refractivity contribution in [2.75, 3.05) is 11.1 Å². The zero-order chi connectivity index (χ0) is 14.1. The highest BCUT2D eigenvalue weighted by molar-refractivity contribution is 7.86. The first-order chi connectivity index (χ1) is 8.12. The van der Waals surface area contributed by atoms with E-state index in [1.807, 2.05) is 0 Å². The standard InChI is InChI=1S/C8H9N3O6S/c1-4(12)10-6-3-8(18(15,16)17)5(9)2-7(6)11(13)14/h2-3H,9H2,1H3,(H,10,12)(H,15,16,17). The first-order valence-electron chi connectivity index (χ1n) is 4.46. The van der Waals surface area contributed by atoms with Gasteiger partial charge < -0.3 is 11.1 Å². The van der Waals surface area contributed by atoms with E-state index in [-0.39, 0.29) is 5.69 Å². The van der Waals surface area contributed by atoms with E-state index in [2.05, 4.69) is 5.32 Å². The summed E-state index contributed by atoms with van der Waals surface area (Å²) in [5.41, 5.74) is 3.86. The molecule has 4 N–H and O–H groups in total. The van der Waals surface area contributed by atoms with Crippen LogP contribution in [0.15, 0.2) is 17.0 Å². The molecule has 18 heavy (non-hydrogen) atoms. The Hall–Kier alpha value is -2.20. The third-order valence-corrected chi connectivity index (χ3v) is 2.82. The molecule has 1 aromatic carbocycles. The van der Waals surface area contributed by atoms with Crippen molar-refractivity contribution < 1.29 is 22.7 Å². The van der Waals surface area contributed by atoms with Crippen molar-refractivity contribution in [2.45, 2.75) is 11.8 Å². The molecule has 1 rings (SSSR count). The SMILES string of the molecule is CC(=O)Nc1cc(S(=O)(=O)O)c(N)cc1[N+](=O)[O-]. The van der Waals surface area contributed by atoms with Crippen molar-refractivity contribution in [1.82, 2.24) is 0 Å². The van der Waals surface area contributed by atoms with E-state index >= 15 is 0 Å². The molecule has 0 atom stereocenters. The van der Waals surface area contributed by atoms with Crippen LogP contribution in [-0.2, 0) is 14.9 Å². The van der Waals surface area contributed by atoms with Crippen molar-refractivity contribution in [1.29, 1.82) is 0 Å². The number of hydrogen-bond acceptors (Lipinski definition) is 6. The van der Waals surface area contributed by atoms with Gasteiger partial charge in [0.2, 0.25) is 5.91 Å². The molecule has 0 saturated carbocycles. The fourth-order valence-electron chi connectivity index (χ4n) is 1.25. The first-order valence-corrected chi connectivity index (χ1v) is 5.90. The minimum Gasteiger partial charge on any atom is -0.397 e. The highest BCUT2D eigenvalue weighted by atomic mass is 32.2. The van der Waals surface area contributed by atoms with Gasteiger partial charge in [-0.05, 0) is 6.07 Å². The van der Waals surface area contributed by atoms with Gasteiger partial charge in [0.15, 0.2) is 0 Å². The lowest BCUT2D eigenvalue weighted by atomic mass is 10.2. The summed E-state index contributed by atoms with van der Waals surface area (Å²) in [5.74, 6) is -0.635. The second-order valence-electron chi connectivity index (χ2n) is 3.32. The van der Waals surface area contributed by atoms with E-state index in [9.17, 15) is 23.3 Å². The summed E-state index contributed by atoms with van der Waals surface area (Å²) in [5, 5.41) is 12.8. The van der Waals surface area contributed by atoms with E-state index in [4.69, 9.17) is 10.3 Å². The Labute approximate surface area is 101 Å². The van der Waals surface area contributed by atoms with Crippen LogP contribution < -0.4 is 11.1 Å². The van der Waals surface area contributed by atoms with Gasteiger partial charge in [0.25, 0.3) is 15.8 Å². The number of carbonyl (C=O) groups is 1. The van der Waals surface area contributed by atoms with Gasteiger partial charge in [-0.2, -0.15) is 8.42 Å². The van der Waals surface area contributed by atoms with Gasteiger partial charge in [-0.15, -0.1) is 0 Å². The number of carbonyl (C=O) groups excluding carboxylic acids is 1. The van der Waals surface area contributed by atoms with E-state index < -0.39 is 37.2 Å². The number of amides is 1. The van der Waals surface area contributed by atoms with Crippen LogP contribution in [0.1, 0.15) is 6.92 Å². The predicted octanol–water partition coefficient (Wildman–Crippen LogP) is 0.382. The topological polar surface area (TPSA) is 153 Å². The van der Waals surface area contributed by atoms with Crippen molar-refractivity contribution in [3.63, 3.8) is 0 Å². The molecule has 1 amide bonds. The molecule has 0 saturated heterocycles. The largest absolute Gasteiger partial charge is 0.397 e. The Morgan fingerprint density at radius 1 is 1.50 bits per heavy atom. The highest BCUT2D eigenvalue weighted by Crippen LogP contribution is 2.32. The Morgan fingerprint density at radius 3 is 2.44 bits per heavy atom. The van der Waals surface area contributed by atoms with Crippen LogP contribution in [0.25, 0.3) is 0 Å². The van der Waals surface area contributed by atoms with Crippen LogP contribution in [0, 0.1) is 10.1 Å². The lowest BCUT2D eigenvalue weighted by Gasteiger charge is -2.07. The van der Waals surface area contributed by atoms with Crippen LogP contribution in [0.4, 0.5) is 17.1 Å². The van der Waals surface area contributed by atoms with Gasteiger partial charge in [0.05, 0.1) is 10.6 Å². The quantitative estimate of drug-likeness (QED) is 0.312. The Bertz CT molecular complexity index is 624. The van der Waals surface area contributed by atoms with Gasteiger partial charge in [0.1, 0.15) is 10.6 Å². The fourth-order valence-corrected chi connectivity index (χ4v) is 1.87. The second-order valence-corrected chi connectivity index (χ2v) is 4.71. The molecular weight excluding hydrogens is 266 g/mol. The molecule has 0 bridgehead atoms. The van der Waals surface area contributed by atoms with Gasteiger partial charge in [-0.3, -0.25) is 19.5 Å². The summed E-state index contributed by atoms with van der Waals surface area (Å²) in [6, 6.07) is 1.47. The molecule has 98 valence electrons. The first kappa shape index (κ1) is 13.9. The van der Waals surface area contributed by atoms with E-state index in [0.717, 1.165) is 19.1 Å². The zero-order valence-corrected chi connectivity index (χ0v) is 9.89. The number of rotatable bonds is 3. The molecule has 0 aliphatic rings. The molecule has 0 aromatic heterocycles. The number of nitro benzene ring substituents is 1. The smallest absolute Gasteiger partial charge is 0.296 e. The lowest BCUT2D eigenvalue weighted by molar-refractivity contribution is -0.383. The average Bonchev–Trinajstić information content (AvgIpc) is 2.17. The lowest BCUT2D eigenvalue weighted by Crippen LogP contribution is -2.11. The molecule has 0 unspecified atom stereocenters. The number of anilines is 2. The number of nitro groups is 1. The molecule has 10 heteroatoms. The summed E-state index contributed by atoms with van der Waals surface area (Å²) in [4.78, 5) is 20.0.